The zero-order valence-electron chi connectivity index (χ0n) is 8.02. The lowest BCUT2D eigenvalue weighted by Crippen LogP contribution is -1.98. The lowest BCUT2D eigenvalue weighted by Gasteiger charge is -2.01. The summed E-state index contributed by atoms with van der Waals surface area (Å²) in [5, 5.41) is 0. The maximum absolute atomic E-state index is 11.2. The summed E-state index contributed by atoms with van der Waals surface area (Å²) in [6, 6.07) is 3.62. The highest BCUT2D eigenvalue weighted by Gasteiger charge is 2.07. The van der Waals surface area contributed by atoms with E-state index in [1.165, 1.54) is 6.92 Å². The van der Waals surface area contributed by atoms with Gasteiger partial charge in [-0.3, -0.25) is 9.20 Å². The molecule has 0 saturated heterocycles. The van der Waals surface area contributed by atoms with Crippen LogP contribution in [0.4, 0.5) is 0 Å². The first kappa shape index (κ1) is 8.74. The monoisotopic (exact) mass is 190 g/mol. The fourth-order valence-electron chi connectivity index (χ4n) is 1.34. The standard InChI is InChI=1S/C10H10N2O2/c1-7(13)9-5-11-10-4-3-8(14-2)6-12(9)10/h3-6H,1-2H3. The molecule has 0 aromatic carbocycles. The minimum atomic E-state index is -0.00856. The zero-order valence-corrected chi connectivity index (χ0v) is 8.02. The molecule has 2 aromatic rings. The number of fused-ring (bicyclic) bond motifs is 1. The van der Waals surface area contributed by atoms with E-state index >= 15 is 0 Å². The number of hydrogen-bond acceptors (Lipinski definition) is 3. The van der Waals surface area contributed by atoms with Crippen LogP contribution in [0.1, 0.15) is 17.4 Å². The molecule has 14 heavy (non-hydrogen) atoms. The van der Waals surface area contributed by atoms with Crippen LogP contribution in [0.3, 0.4) is 0 Å². The van der Waals surface area contributed by atoms with E-state index in [0.717, 1.165) is 5.65 Å². The molecule has 4 nitrogen and oxygen atoms in total. The minimum absolute atomic E-state index is 0.00856. The fraction of sp³-hybridized carbons (Fsp3) is 0.200. The van der Waals surface area contributed by atoms with Crippen molar-refractivity contribution in [1.29, 1.82) is 0 Å². The number of hydrogen-bond donors (Lipinski definition) is 0. The molecule has 0 spiro atoms. The normalized spacial score (nSPS) is 10.4. The second-order valence-corrected chi connectivity index (χ2v) is 3.00. The van der Waals surface area contributed by atoms with E-state index in [4.69, 9.17) is 4.74 Å². The number of rotatable bonds is 2. The van der Waals surface area contributed by atoms with Gasteiger partial charge in [-0.2, -0.15) is 0 Å². The number of carbonyl (C=O) groups excluding carboxylic acids is 1. The van der Waals surface area contributed by atoms with Crippen LogP contribution in [-0.4, -0.2) is 22.3 Å². The molecule has 0 atom stereocenters. The Labute approximate surface area is 81.1 Å². The maximum atomic E-state index is 11.2. The van der Waals surface area contributed by atoms with Gasteiger partial charge >= 0.3 is 0 Å². The highest BCUT2D eigenvalue weighted by Crippen LogP contribution is 2.14. The lowest BCUT2D eigenvalue weighted by atomic mass is 10.3. The lowest BCUT2D eigenvalue weighted by molar-refractivity contribution is 0.101. The van der Waals surface area contributed by atoms with Crippen molar-refractivity contribution in [2.75, 3.05) is 7.11 Å². The molecule has 2 rings (SSSR count). The molecule has 0 fully saturated rings. The van der Waals surface area contributed by atoms with E-state index < -0.39 is 0 Å². The summed E-state index contributed by atoms with van der Waals surface area (Å²) in [6.45, 7) is 1.52. The Hall–Kier alpha value is -1.84. The van der Waals surface area contributed by atoms with Crippen molar-refractivity contribution in [3.63, 3.8) is 0 Å². The van der Waals surface area contributed by atoms with E-state index in [-0.39, 0.29) is 5.78 Å². The summed E-state index contributed by atoms with van der Waals surface area (Å²) >= 11 is 0. The molecule has 4 heteroatoms. The molecule has 0 unspecified atom stereocenters. The third kappa shape index (κ3) is 1.25. The van der Waals surface area contributed by atoms with Gasteiger partial charge in [0.1, 0.15) is 17.1 Å². The Morgan fingerprint density at radius 1 is 1.50 bits per heavy atom. The number of imidazole rings is 1. The van der Waals surface area contributed by atoms with Crippen LogP contribution < -0.4 is 4.74 Å². The Morgan fingerprint density at radius 3 is 2.93 bits per heavy atom. The second kappa shape index (κ2) is 3.14. The van der Waals surface area contributed by atoms with Gasteiger partial charge in [-0.05, 0) is 12.1 Å². The molecule has 0 bridgehead atoms. The third-order valence-electron chi connectivity index (χ3n) is 2.07. The molecule has 0 aliphatic carbocycles. The van der Waals surface area contributed by atoms with E-state index in [1.807, 2.05) is 12.1 Å². The van der Waals surface area contributed by atoms with Gasteiger partial charge in [-0.1, -0.05) is 0 Å². The van der Waals surface area contributed by atoms with Crippen LogP contribution in [0.25, 0.3) is 5.65 Å². The Morgan fingerprint density at radius 2 is 2.29 bits per heavy atom. The Balaban J connectivity index is 2.69. The smallest absolute Gasteiger partial charge is 0.178 e. The topological polar surface area (TPSA) is 43.6 Å². The summed E-state index contributed by atoms with van der Waals surface area (Å²) < 4.78 is 6.79. The van der Waals surface area contributed by atoms with Gasteiger partial charge in [0.15, 0.2) is 5.78 Å². The van der Waals surface area contributed by atoms with Crippen molar-refractivity contribution in [2.45, 2.75) is 6.92 Å². The fourth-order valence-corrected chi connectivity index (χ4v) is 1.34. The summed E-state index contributed by atoms with van der Waals surface area (Å²) in [6.07, 6.45) is 3.32. The molecule has 0 aliphatic rings. The second-order valence-electron chi connectivity index (χ2n) is 3.00. The molecule has 0 N–H and O–H groups in total. The first-order valence-electron chi connectivity index (χ1n) is 4.24. The van der Waals surface area contributed by atoms with E-state index in [0.29, 0.717) is 11.4 Å². The summed E-state index contributed by atoms with van der Waals surface area (Å²) in [4.78, 5) is 15.3. The maximum Gasteiger partial charge on any atom is 0.178 e. The van der Waals surface area contributed by atoms with Crippen molar-refractivity contribution < 1.29 is 9.53 Å². The highest BCUT2D eigenvalue weighted by molar-refractivity contribution is 5.93. The molecular weight excluding hydrogens is 180 g/mol. The summed E-state index contributed by atoms with van der Waals surface area (Å²) in [5.41, 5.74) is 1.31. The van der Waals surface area contributed by atoms with E-state index in [2.05, 4.69) is 4.98 Å². The van der Waals surface area contributed by atoms with Crippen molar-refractivity contribution >= 4 is 11.4 Å². The van der Waals surface area contributed by atoms with Crippen LogP contribution >= 0.6 is 0 Å². The molecule has 2 aromatic heterocycles. The van der Waals surface area contributed by atoms with Crippen molar-refractivity contribution in [3.05, 3.63) is 30.2 Å². The van der Waals surface area contributed by atoms with Crippen LogP contribution in [0.15, 0.2) is 24.5 Å². The number of nitrogens with zero attached hydrogens (tertiary/aromatic N) is 2. The van der Waals surface area contributed by atoms with Gasteiger partial charge in [0.2, 0.25) is 0 Å². The molecule has 0 aliphatic heterocycles. The average Bonchev–Trinajstić information content (AvgIpc) is 2.59. The number of aromatic nitrogens is 2. The van der Waals surface area contributed by atoms with Crippen LogP contribution in [0, 0.1) is 0 Å². The third-order valence-corrected chi connectivity index (χ3v) is 2.07. The average molecular weight is 190 g/mol. The number of pyridine rings is 1. The SMILES string of the molecule is COc1ccc2ncc(C(C)=O)n2c1. The molecule has 0 radical (unpaired) electrons. The first-order chi connectivity index (χ1) is 6.72. The number of ether oxygens (including phenoxy) is 1. The van der Waals surface area contributed by atoms with Crippen molar-refractivity contribution in [2.24, 2.45) is 0 Å². The number of carbonyl (C=O) groups is 1. The number of methoxy groups -OCH3 is 1. The molecule has 0 saturated carbocycles. The molecule has 2 heterocycles. The summed E-state index contributed by atoms with van der Waals surface area (Å²) in [7, 11) is 1.59. The number of ketones is 1. The van der Waals surface area contributed by atoms with Crippen molar-refractivity contribution in [1.82, 2.24) is 9.38 Å². The summed E-state index contributed by atoms with van der Waals surface area (Å²) in [5.74, 6) is 0.698. The first-order valence-corrected chi connectivity index (χ1v) is 4.24. The zero-order chi connectivity index (χ0) is 10.1. The highest BCUT2D eigenvalue weighted by atomic mass is 16.5. The molecule has 0 amide bonds. The van der Waals surface area contributed by atoms with Gasteiger partial charge in [-0.25, -0.2) is 4.98 Å². The van der Waals surface area contributed by atoms with Gasteiger partial charge in [-0.15, -0.1) is 0 Å². The van der Waals surface area contributed by atoms with Gasteiger partial charge in [0, 0.05) is 6.92 Å². The van der Waals surface area contributed by atoms with Gasteiger partial charge < -0.3 is 4.74 Å². The number of Topliss-reactive ketones (excluding diaryl/α,β-unsaturated/α-hetero) is 1. The molecular formula is C10H10N2O2. The predicted octanol–water partition coefficient (Wildman–Crippen LogP) is 1.55. The van der Waals surface area contributed by atoms with Gasteiger partial charge in [0.25, 0.3) is 0 Å². The minimum Gasteiger partial charge on any atom is -0.495 e. The quantitative estimate of drug-likeness (QED) is 0.675. The van der Waals surface area contributed by atoms with Crippen LogP contribution in [0.5, 0.6) is 5.75 Å². The van der Waals surface area contributed by atoms with Crippen molar-refractivity contribution in [3.8, 4) is 5.75 Å². The Kier molecular flexibility index (Phi) is 1.96. The van der Waals surface area contributed by atoms with Crippen LogP contribution in [0.2, 0.25) is 0 Å². The largest absolute Gasteiger partial charge is 0.495 e. The molecule has 72 valence electrons. The van der Waals surface area contributed by atoms with Gasteiger partial charge in [0.05, 0.1) is 19.5 Å². The predicted molar refractivity (Wildman–Crippen MR) is 51.7 cm³/mol. The Bertz CT molecular complexity index is 488. The van der Waals surface area contributed by atoms with Crippen LogP contribution in [-0.2, 0) is 0 Å². The van der Waals surface area contributed by atoms with E-state index in [9.17, 15) is 4.79 Å². The van der Waals surface area contributed by atoms with E-state index in [1.54, 1.807) is 23.9 Å².